The van der Waals surface area contributed by atoms with Crippen molar-refractivity contribution in [2.45, 2.75) is 19.3 Å². The van der Waals surface area contributed by atoms with E-state index >= 15 is 0 Å². The number of carbonyl (C=O) groups excluding carboxylic acids is 1. The second-order valence-electron chi connectivity index (χ2n) is 5.80. The molecule has 0 radical (unpaired) electrons. The molecule has 0 spiro atoms. The summed E-state index contributed by atoms with van der Waals surface area (Å²) in [5, 5.41) is 5.10. The lowest BCUT2D eigenvalue weighted by Crippen LogP contribution is -2.17. The van der Waals surface area contributed by atoms with Gasteiger partial charge in [-0.2, -0.15) is 0 Å². The SMILES string of the molecule is O=C(Nc1cc2cc(Cl)nc(Cl)c2cn1)C1C2CCCC21. The van der Waals surface area contributed by atoms with Gasteiger partial charge in [0.25, 0.3) is 0 Å². The highest BCUT2D eigenvalue weighted by atomic mass is 35.5. The fraction of sp³-hybridized carbons (Fsp3) is 0.400. The Kier molecular flexibility index (Phi) is 3.05. The predicted molar refractivity (Wildman–Crippen MR) is 82.5 cm³/mol. The second-order valence-corrected chi connectivity index (χ2v) is 6.55. The van der Waals surface area contributed by atoms with Crippen LogP contribution in [-0.2, 0) is 4.79 Å². The standard InChI is InChI=1S/C15H13Cl2N3O/c16-11-4-7-5-12(18-6-10(7)14(17)19-11)20-15(21)13-8-2-1-3-9(8)13/h4-6,8-9,13H,1-3H2,(H,18,20,21). The molecule has 0 saturated heterocycles. The highest BCUT2D eigenvalue weighted by Gasteiger charge is 2.56. The Bertz CT molecular complexity index is 739. The molecule has 2 aliphatic carbocycles. The molecule has 0 aliphatic heterocycles. The number of fused-ring (bicyclic) bond motifs is 2. The molecule has 2 aromatic rings. The zero-order valence-electron chi connectivity index (χ0n) is 11.1. The van der Waals surface area contributed by atoms with E-state index in [9.17, 15) is 4.79 Å². The van der Waals surface area contributed by atoms with Crippen molar-refractivity contribution in [1.82, 2.24) is 9.97 Å². The Morgan fingerprint density at radius 1 is 1.24 bits per heavy atom. The summed E-state index contributed by atoms with van der Waals surface area (Å²) in [6, 6.07) is 3.50. The lowest BCUT2D eigenvalue weighted by Gasteiger charge is -2.07. The van der Waals surface area contributed by atoms with E-state index in [4.69, 9.17) is 23.2 Å². The molecule has 1 amide bonds. The molecule has 0 aromatic carbocycles. The molecule has 2 aromatic heterocycles. The Morgan fingerprint density at radius 2 is 2.00 bits per heavy atom. The maximum Gasteiger partial charge on any atom is 0.229 e. The number of pyridine rings is 2. The number of nitrogens with one attached hydrogen (secondary N) is 1. The van der Waals surface area contributed by atoms with Crippen LogP contribution in [0.3, 0.4) is 0 Å². The Balaban J connectivity index is 1.58. The Hall–Kier alpha value is -1.39. The van der Waals surface area contributed by atoms with Crippen molar-refractivity contribution in [1.29, 1.82) is 0 Å². The van der Waals surface area contributed by atoms with E-state index < -0.39 is 0 Å². The number of carbonyl (C=O) groups is 1. The maximum atomic E-state index is 12.2. The third-order valence-corrected chi connectivity index (χ3v) is 5.08. The molecular formula is C15H13Cl2N3O. The van der Waals surface area contributed by atoms with Crippen molar-refractivity contribution >= 4 is 45.7 Å². The highest BCUT2D eigenvalue weighted by Crippen LogP contribution is 2.57. The minimum Gasteiger partial charge on any atom is -0.310 e. The molecule has 2 unspecified atom stereocenters. The van der Waals surface area contributed by atoms with Gasteiger partial charge in [0, 0.05) is 17.5 Å². The van der Waals surface area contributed by atoms with Gasteiger partial charge in [0.15, 0.2) is 0 Å². The van der Waals surface area contributed by atoms with Crippen molar-refractivity contribution in [3.63, 3.8) is 0 Å². The summed E-state index contributed by atoms with van der Waals surface area (Å²) in [5.74, 6) is 2.00. The van der Waals surface area contributed by atoms with Crippen LogP contribution in [0.5, 0.6) is 0 Å². The van der Waals surface area contributed by atoms with E-state index in [1.165, 1.54) is 19.3 Å². The highest BCUT2D eigenvalue weighted by molar-refractivity contribution is 6.36. The maximum absolute atomic E-state index is 12.2. The van der Waals surface area contributed by atoms with Crippen molar-refractivity contribution < 1.29 is 4.79 Å². The van der Waals surface area contributed by atoms with Gasteiger partial charge in [0.2, 0.25) is 5.91 Å². The molecule has 4 nitrogen and oxygen atoms in total. The number of hydrogen-bond acceptors (Lipinski definition) is 3. The van der Waals surface area contributed by atoms with Gasteiger partial charge in [0.05, 0.1) is 0 Å². The average Bonchev–Trinajstić information content (AvgIpc) is 2.92. The first-order valence-electron chi connectivity index (χ1n) is 7.06. The summed E-state index contributed by atoms with van der Waals surface area (Å²) in [6.07, 6.45) is 5.25. The van der Waals surface area contributed by atoms with Crippen LogP contribution in [0.2, 0.25) is 10.3 Å². The van der Waals surface area contributed by atoms with Crippen LogP contribution in [0.25, 0.3) is 10.8 Å². The number of hydrogen-bond donors (Lipinski definition) is 1. The van der Waals surface area contributed by atoms with Gasteiger partial charge in [-0.25, -0.2) is 9.97 Å². The van der Waals surface area contributed by atoms with E-state index in [-0.39, 0.29) is 11.8 Å². The zero-order valence-corrected chi connectivity index (χ0v) is 12.7. The number of amides is 1. The molecular weight excluding hydrogens is 309 g/mol. The summed E-state index contributed by atoms with van der Waals surface area (Å²) < 4.78 is 0. The summed E-state index contributed by atoms with van der Waals surface area (Å²) in [6.45, 7) is 0. The third kappa shape index (κ3) is 2.27. The van der Waals surface area contributed by atoms with Crippen molar-refractivity contribution in [2.24, 2.45) is 17.8 Å². The van der Waals surface area contributed by atoms with E-state index in [0.717, 1.165) is 10.8 Å². The molecule has 2 fully saturated rings. The first kappa shape index (κ1) is 13.3. The first-order chi connectivity index (χ1) is 10.1. The molecule has 0 bridgehead atoms. The van der Waals surface area contributed by atoms with Gasteiger partial charge in [-0.3, -0.25) is 4.79 Å². The van der Waals surface area contributed by atoms with Gasteiger partial charge in [-0.05, 0) is 42.2 Å². The van der Waals surface area contributed by atoms with Gasteiger partial charge in [-0.1, -0.05) is 29.6 Å². The summed E-state index contributed by atoms with van der Waals surface area (Å²) >= 11 is 11.9. The molecule has 108 valence electrons. The van der Waals surface area contributed by atoms with Crippen LogP contribution < -0.4 is 5.32 Å². The van der Waals surface area contributed by atoms with E-state index in [0.29, 0.717) is 28.0 Å². The van der Waals surface area contributed by atoms with Crippen molar-refractivity contribution in [3.05, 3.63) is 28.6 Å². The zero-order chi connectivity index (χ0) is 14.6. The van der Waals surface area contributed by atoms with Crippen LogP contribution in [-0.4, -0.2) is 15.9 Å². The normalized spacial score (nSPS) is 26.7. The first-order valence-corrected chi connectivity index (χ1v) is 7.82. The predicted octanol–water partition coefficient (Wildman–Crippen LogP) is 3.92. The van der Waals surface area contributed by atoms with Crippen LogP contribution in [0.4, 0.5) is 5.82 Å². The molecule has 4 rings (SSSR count). The van der Waals surface area contributed by atoms with Crippen molar-refractivity contribution in [2.75, 3.05) is 5.32 Å². The van der Waals surface area contributed by atoms with Gasteiger partial charge >= 0.3 is 0 Å². The second kappa shape index (κ2) is 4.82. The smallest absolute Gasteiger partial charge is 0.229 e. The lowest BCUT2D eigenvalue weighted by molar-refractivity contribution is -0.118. The molecule has 21 heavy (non-hydrogen) atoms. The molecule has 2 saturated carbocycles. The largest absolute Gasteiger partial charge is 0.310 e. The fourth-order valence-corrected chi connectivity index (χ4v) is 4.06. The average molecular weight is 322 g/mol. The topological polar surface area (TPSA) is 54.9 Å². The molecule has 6 heteroatoms. The molecule has 2 heterocycles. The van der Waals surface area contributed by atoms with Gasteiger partial charge in [-0.15, -0.1) is 0 Å². The summed E-state index contributed by atoms with van der Waals surface area (Å²) in [5.41, 5.74) is 0. The number of nitrogens with zero attached hydrogens (tertiary/aromatic N) is 2. The molecule has 2 aliphatic rings. The fourth-order valence-electron chi connectivity index (χ4n) is 3.57. The number of aromatic nitrogens is 2. The number of anilines is 1. The van der Waals surface area contributed by atoms with Gasteiger partial charge < -0.3 is 5.32 Å². The number of halogens is 2. The van der Waals surface area contributed by atoms with E-state index in [1.807, 2.05) is 0 Å². The molecule has 2 atom stereocenters. The minimum atomic E-state index is 0.0859. The quantitative estimate of drug-likeness (QED) is 0.853. The third-order valence-electron chi connectivity index (χ3n) is 4.60. The van der Waals surface area contributed by atoms with Crippen LogP contribution in [0.15, 0.2) is 18.3 Å². The van der Waals surface area contributed by atoms with Crippen molar-refractivity contribution in [3.8, 4) is 0 Å². The Labute approximate surface area is 131 Å². The monoisotopic (exact) mass is 321 g/mol. The lowest BCUT2D eigenvalue weighted by atomic mass is 10.1. The summed E-state index contributed by atoms with van der Waals surface area (Å²) in [7, 11) is 0. The van der Waals surface area contributed by atoms with E-state index in [1.54, 1.807) is 18.3 Å². The minimum absolute atomic E-state index is 0.0859. The van der Waals surface area contributed by atoms with Crippen LogP contribution >= 0.6 is 23.2 Å². The van der Waals surface area contributed by atoms with Crippen LogP contribution in [0.1, 0.15) is 19.3 Å². The molecule has 1 N–H and O–H groups in total. The number of rotatable bonds is 2. The van der Waals surface area contributed by atoms with Crippen LogP contribution in [0, 0.1) is 17.8 Å². The summed E-state index contributed by atoms with van der Waals surface area (Å²) in [4.78, 5) is 20.5. The Morgan fingerprint density at radius 3 is 2.76 bits per heavy atom. The van der Waals surface area contributed by atoms with E-state index in [2.05, 4.69) is 15.3 Å². The van der Waals surface area contributed by atoms with Gasteiger partial charge in [0.1, 0.15) is 16.1 Å².